The summed E-state index contributed by atoms with van der Waals surface area (Å²) >= 11 is 0. The Labute approximate surface area is 202 Å². The Morgan fingerprint density at radius 3 is 2.26 bits per heavy atom. The van der Waals surface area contributed by atoms with Gasteiger partial charge in [-0.3, -0.25) is 14.9 Å². The molecule has 0 fully saturated rings. The second kappa shape index (κ2) is 11.6. The number of aryl methyl sites for hydroxylation is 1. The number of carbonyl (C=O) groups is 4. The van der Waals surface area contributed by atoms with E-state index >= 15 is 0 Å². The lowest BCUT2D eigenvalue weighted by Crippen LogP contribution is -2.24. The van der Waals surface area contributed by atoms with Gasteiger partial charge in [0.2, 0.25) is 5.88 Å². The van der Waals surface area contributed by atoms with E-state index in [1.165, 1.54) is 13.8 Å². The van der Waals surface area contributed by atoms with Gasteiger partial charge in [-0.2, -0.15) is 0 Å². The molecule has 1 N–H and O–H groups in total. The van der Waals surface area contributed by atoms with Crippen LogP contribution in [0.15, 0.2) is 59.0 Å². The van der Waals surface area contributed by atoms with Crippen molar-refractivity contribution in [2.75, 3.05) is 25.1 Å². The van der Waals surface area contributed by atoms with Crippen molar-refractivity contribution in [2.24, 2.45) is 0 Å². The molecular weight excluding hydrogens is 454 g/mol. The van der Waals surface area contributed by atoms with Gasteiger partial charge in [-0.25, -0.2) is 9.59 Å². The molecule has 2 aromatic carbocycles. The number of ether oxygens (including phenoxy) is 3. The van der Waals surface area contributed by atoms with Gasteiger partial charge in [-0.15, -0.1) is 0 Å². The minimum atomic E-state index is -0.813. The normalized spacial score (nSPS) is 10.4. The molecular formula is C26H25NO8. The number of Topliss-reactive ketones (excluding diaryl/α,β-unsaturated/α-hetero) is 1. The van der Waals surface area contributed by atoms with Crippen molar-refractivity contribution in [3.8, 4) is 16.9 Å². The molecule has 35 heavy (non-hydrogen) atoms. The molecule has 0 radical (unpaired) electrons. The number of amides is 1. The average molecular weight is 479 g/mol. The fourth-order valence-corrected chi connectivity index (χ4v) is 3.39. The molecule has 9 nitrogen and oxygen atoms in total. The van der Waals surface area contributed by atoms with E-state index in [4.69, 9.17) is 18.6 Å². The third kappa shape index (κ3) is 6.35. The van der Waals surface area contributed by atoms with Crippen molar-refractivity contribution in [2.45, 2.75) is 20.8 Å². The fourth-order valence-electron chi connectivity index (χ4n) is 3.39. The van der Waals surface area contributed by atoms with Gasteiger partial charge < -0.3 is 18.6 Å². The molecule has 0 saturated carbocycles. The second-order valence-corrected chi connectivity index (χ2v) is 7.37. The number of benzene rings is 2. The van der Waals surface area contributed by atoms with Crippen LogP contribution in [-0.4, -0.2) is 43.4 Å². The molecule has 0 aliphatic rings. The SMILES string of the molecule is CCOC(=O)c1c(NC(=O)COC(=O)COc2ccccc2-c2ccccc2)oc(C)c1C(C)=O. The molecule has 1 aromatic heterocycles. The number of hydrogen-bond acceptors (Lipinski definition) is 8. The smallest absolute Gasteiger partial charge is 0.344 e. The first-order valence-corrected chi connectivity index (χ1v) is 10.9. The lowest BCUT2D eigenvalue weighted by Gasteiger charge is -2.11. The van der Waals surface area contributed by atoms with Crippen LogP contribution in [0, 0.1) is 6.92 Å². The molecule has 0 aliphatic carbocycles. The monoisotopic (exact) mass is 479 g/mol. The topological polar surface area (TPSA) is 121 Å². The molecule has 9 heteroatoms. The van der Waals surface area contributed by atoms with Crippen LogP contribution in [-0.2, 0) is 19.1 Å². The first-order valence-electron chi connectivity index (χ1n) is 10.9. The van der Waals surface area contributed by atoms with E-state index in [9.17, 15) is 19.2 Å². The highest BCUT2D eigenvalue weighted by atomic mass is 16.6. The van der Waals surface area contributed by atoms with E-state index in [1.54, 1.807) is 19.1 Å². The summed E-state index contributed by atoms with van der Waals surface area (Å²) in [7, 11) is 0. The van der Waals surface area contributed by atoms with Crippen molar-refractivity contribution in [3.05, 3.63) is 71.5 Å². The zero-order valence-electron chi connectivity index (χ0n) is 19.6. The molecule has 0 bridgehead atoms. The summed E-state index contributed by atoms with van der Waals surface area (Å²) in [5, 5.41) is 2.35. The number of rotatable bonds is 10. The van der Waals surface area contributed by atoms with E-state index in [1.807, 2.05) is 42.5 Å². The summed E-state index contributed by atoms with van der Waals surface area (Å²) in [5.41, 5.74) is 1.56. The summed E-state index contributed by atoms with van der Waals surface area (Å²) in [4.78, 5) is 48.8. The van der Waals surface area contributed by atoms with Crippen molar-refractivity contribution >= 4 is 29.5 Å². The highest BCUT2D eigenvalue weighted by molar-refractivity contribution is 6.10. The number of hydrogen-bond donors (Lipinski definition) is 1. The van der Waals surface area contributed by atoms with Crippen molar-refractivity contribution in [3.63, 3.8) is 0 Å². The summed E-state index contributed by atoms with van der Waals surface area (Å²) in [6, 6.07) is 16.8. The van der Waals surface area contributed by atoms with Gasteiger partial charge in [0, 0.05) is 5.56 Å². The van der Waals surface area contributed by atoms with Crippen molar-refractivity contribution in [1.29, 1.82) is 0 Å². The number of furan rings is 1. The van der Waals surface area contributed by atoms with Gasteiger partial charge in [0.15, 0.2) is 19.0 Å². The summed E-state index contributed by atoms with van der Waals surface area (Å²) in [5.74, 6) is -2.38. The second-order valence-electron chi connectivity index (χ2n) is 7.37. The number of nitrogens with one attached hydrogen (secondary N) is 1. The molecule has 3 rings (SSSR count). The van der Waals surface area contributed by atoms with Gasteiger partial charge in [-0.1, -0.05) is 48.5 Å². The summed E-state index contributed by atoms with van der Waals surface area (Å²) in [6.07, 6.45) is 0. The maximum absolute atomic E-state index is 12.3. The van der Waals surface area contributed by atoms with Gasteiger partial charge >= 0.3 is 11.9 Å². The molecule has 1 heterocycles. The number of esters is 2. The molecule has 0 unspecified atom stereocenters. The van der Waals surface area contributed by atoms with E-state index in [-0.39, 0.29) is 29.4 Å². The highest BCUT2D eigenvalue weighted by Gasteiger charge is 2.29. The Kier molecular flexibility index (Phi) is 8.39. The molecule has 1 amide bonds. The van der Waals surface area contributed by atoms with E-state index < -0.39 is 36.8 Å². The Morgan fingerprint density at radius 2 is 1.57 bits per heavy atom. The average Bonchev–Trinajstić information content (AvgIpc) is 3.18. The predicted octanol–water partition coefficient (Wildman–Crippen LogP) is 4.20. The van der Waals surface area contributed by atoms with Crippen LogP contribution in [0.4, 0.5) is 5.88 Å². The van der Waals surface area contributed by atoms with Gasteiger partial charge in [0.25, 0.3) is 5.91 Å². The van der Waals surface area contributed by atoms with Crippen LogP contribution in [0.1, 0.15) is 40.3 Å². The quantitative estimate of drug-likeness (QED) is 0.339. The van der Waals surface area contributed by atoms with Crippen LogP contribution in [0.5, 0.6) is 5.75 Å². The highest BCUT2D eigenvalue weighted by Crippen LogP contribution is 2.30. The van der Waals surface area contributed by atoms with Crippen LogP contribution >= 0.6 is 0 Å². The molecule has 182 valence electrons. The van der Waals surface area contributed by atoms with E-state index in [2.05, 4.69) is 5.32 Å². The molecule has 0 atom stereocenters. The Hall–Kier alpha value is -4.40. The third-order valence-electron chi connectivity index (χ3n) is 4.85. The van der Waals surface area contributed by atoms with Crippen LogP contribution < -0.4 is 10.1 Å². The van der Waals surface area contributed by atoms with E-state index in [0.29, 0.717) is 5.75 Å². The minimum Gasteiger partial charge on any atom is -0.481 e. The van der Waals surface area contributed by atoms with Crippen LogP contribution in [0.3, 0.4) is 0 Å². The van der Waals surface area contributed by atoms with E-state index in [0.717, 1.165) is 11.1 Å². The summed E-state index contributed by atoms with van der Waals surface area (Å²) < 4.78 is 20.9. The maximum atomic E-state index is 12.3. The zero-order valence-corrected chi connectivity index (χ0v) is 19.6. The largest absolute Gasteiger partial charge is 0.481 e. The third-order valence-corrected chi connectivity index (χ3v) is 4.85. The number of carbonyl (C=O) groups excluding carboxylic acids is 4. The zero-order chi connectivity index (χ0) is 25.4. The van der Waals surface area contributed by atoms with Gasteiger partial charge in [-0.05, 0) is 32.4 Å². The first kappa shape index (κ1) is 25.2. The van der Waals surface area contributed by atoms with Gasteiger partial charge in [0.1, 0.15) is 17.1 Å². The molecule has 3 aromatic rings. The Bertz CT molecular complexity index is 1230. The fraction of sp³-hybridized carbons (Fsp3) is 0.231. The Morgan fingerprint density at radius 1 is 0.886 bits per heavy atom. The molecule has 0 saturated heterocycles. The number of ketones is 1. The summed E-state index contributed by atoms with van der Waals surface area (Å²) in [6.45, 7) is 3.36. The molecule has 0 spiro atoms. The molecule has 0 aliphatic heterocycles. The number of para-hydroxylation sites is 1. The van der Waals surface area contributed by atoms with Crippen LogP contribution in [0.25, 0.3) is 11.1 Å². The van der Waals surface area contributed by atoms with Crippen molar-refractivity contribution < 1.29 is 37.8 Å². The lowest BCUT2D eigenvalue weighted by molar-refractivity contribution is -0.149. The van der Waals surface area contributed by atoms with Gasteiger partial charge in [0.05, 0.1) is 12.2 Å². The maximum Gasteiger partial charge on any atom is 0.344 e. The predicted molar refractivity (Wildman–Crippen MR) is 126 cm³/mol. The minimum absolute atomic E-state index is 0.0150. The standard InChI is InChI=1S/C26H25NO8/c1-4-32-26(31)24-23(16(2)28)17(3)35-25(24)27-21(29)14-34-22(30)15-33-20-13-9-8-12-19(20)18-10-6-5-7-11-18/h5-13H,4,14-15H2,1-3H3,(H,27,29). The lowest BCUT2D eigenvalue weighted by atomic mass is 10.1. The number of anilines is 1. The Balaban J connectivity index is 1.60. The van der Waals surface area contributed by atoms with Crippen molar-refractivity contribution in [1.82, 2.24) is 0 Å². The first-order chi connectivity index (χ1) is 16.8. The van der Waals surface area contributed by atoms with Crippen LogP contribution in [0.2, 0.25) is 0 Å².